The van der Waals surface area contributed by atoms with Gasteiger partial charge in [0.25, 0.3) is 0 Å². The van der Waals surface area contributed by atoms with Crippen molar-refractivity contribution in [3.63, 3.8) is 0 Å². The molecule has 0 aromatic heterocycles. The van der Waals surface area contributed by atoms with E-state index < -0.39 is 0 Å². The molecule has 2 nitrogen and oxygen atoms in total. The molecule has 1 N–H and O–H groups in total. The summed E-state index contributed by atoms with van der Waals surface area (Å²) in [7, 11) is 0. The highest BCUT2D eigenvalue weighted by Crippen LogP contribution is 2.32. The Hall–Kier alpha value is -0.150. The molecule has 1 aliphatic carbocycles. The summed E-state index contributed by atoms with van der Waals surface area (Å²) in [5, 5.41) is 3.76. The van der Waals surface area contributed by atoms with E-state index in [0.29, 0.717) is 18.1 Å². The van der Waals surface area contributed by atoms with Crippen LogP contribution in [0.3, 0.4) is 0 Å². The fraction of sp³-hybridized carbons (Fsp3) is 1.00. The van der Waals surface area contributed by atoms with E-state index >= 15 is 0 Å². The van der Waals surface area contributed by atoms with Crippen molar-refractivity contribution in [1.82, 2.24) is 10.2 Å². The Morgan fingerprint density at radius 3 is 2.69 bits per heavy atom. The van der Waals surface area contributed by atoms with Crippen molar-refractivity contribution in [2.45, 2.75) is 57.0 Å². The topological polar surface area (TPSA) is 15.3 Å². The summed E-state index contributed by atoms with van der Waals surface area (Å²) in [5.74, 6) is 0. The highest BCUT2D eigenvalue weighted by Gasteiger charge is 2.38. The minimum absolute atomic E-state index is 0.202. The smallest absolute Gasteiger partial charge is 0.102 e. The molecule has 1 heterocycles. The van der Waals surface area contributed by atoms with Gasteiger partial charge >= 0.3 is 0 Å². The molecule has 0 radical (unpaired) electrons. The van der Waals surface area contributed by atoms with E-state index in [1.807, 2.05) is 0 Å². The summed E-state index contributed by atoms with van der Waals surface area (Å²) in [6.45, 7) is 4.75. The van der Waals surface area contributed by atoms with E-state index in [1.54, 1.807) is 0 Å². The number of nitrogens with zero attached hydrogens (tertiary/aromatic N) is 1. The van der Waals surface area contributed by atoms with Crippen LogP contribution in [0.4, 0.5) is 4.39 Å². The zero-order valence-electron chi connectivity index (χ0n) is 10.5. The van der Waals surface area contributed by atoms with Gasteiger partial charge in [0.15, 0.2) is 0 Å². The first-order chi connectivity index (χ1) is 7.79. The molecule has 0 aromatic carbocycles. The maximum Gasteiger partial charge on any atom is 0.102 e. The van der Waals surface area contributed by atoms with E-state index in [1.165, 1.54) is 32.1 Å². The molecule has 2 fully saturated rings. The number of piperazine rings is 1. The first kappa shape index (κ1) is 12.3. The third-order valence-electron chi connectivity index (χ3n) is 4.39. The molecule has 0 aromatic rings. The van der Waals surface area contributed by atoms with E-state index in [2.05, 4.69) is 17.1 Å². The Bertz CT molecular complexity index is 214. The number of alkyl halides is 1. The molecule has 0 amide bonds. The van der Waals surface area contributed by atoms with Crippen LogP contribution in [0.25, 0.3) is 0 Å². The molecule has 1 atom stereocenters. The monoisotopic (exact) mass is 228 g/mol. The maximum atomic E-state index is 12.6. The van der Waals surface area contributed by atoms with Crippen LogP contribution in [0.5, 0.6) is 0 Å². The standard InChI is InChI=1S/C13H25FN2/c1-2-12-10-15-13(6-4-3-5-7-13)11-16(12)9-8-14/h12,15H,2-11H2,1H3. The number of halogens is 1. The van der Waals surface area contributed by atoms with Crippen LogP contribution in [0.1, 0.15) is 45.4 Å². The lowest BCUT2D eigenvalue weighted by molar-refractivity contribution is 0.0500. The summed E-state index contributed by atoms with van der Waals surface area (Å²) in [5.41, 5.74) is 0.319. The normalized spacial score (nSPS) is 30.8. The number of hydrogen-bond donors (Lipinski definition) is 1. The molecule has 0 bridgehead atoms. The second-order valence-corrected chi connectivity index (χ2v) is 5.44. The molecule has 1 aliphatic heterocycles. The Labute approximate surface area is 98.6 Å². The Morgan fingerprint density at radius 2 is 2.06 bits per heavy atom. The van der Waals surface area contributed by atoms with Gasteiger partial charge in [0, 0.05) is 31.2 Å². The summed E-state index contributed by atoms with van der Waals surface area (Å²) in [6, 6.07) is 0.545. The lowest BCUT2D eigenvalue weighted by atomic mass is 9.79. The third-order valence-corrected chi connectivity index (χ3v) is 4.39. The number of rotatable bonds is 3. The SMILES string of the molecule is CCC1CNC2(CCCCC2)CN1CCF. The highest BCUT2D eigenvalue weighted by molar-refractivity contribution is 4.99. The van der Waals surface area contributed by atoms with Gasteiger partial charge in [-0.3, -0.25) is 4.90 Å². The summed E-state index contributed by atoms with van der Waals surface area (Å²) < 4.78 is 12.6. The van der Waals surface area contributed by atoms with Crippen LogP contribution < -0.4 is 5.32 Å². The van der Waals surface area contributed by atoms with Crippen molar-refractivity contribution in [3.8, 4) is 0 Å². The maximum absolute atomic E-state index is 12.6. The molecule has 2 rings (SSSR count). The van der Waals surface area contributed by atoms with Gasteiger partial charge in [-0.05, 0) is 19.3 Å². The molecular weight excluding hydrogens is 203 g/mol. The molecule has 94 valence electrons. The molecular formula is C13H25FN2. The Morgan fingerprint density at radius 1 is 1.31 bits per heavy atom. The zero-order valence-corrected chi connectivity index (χ0v) is 10.5. The van der Waals surface area contributed by atoms with Gasteiger partial charge in [-0.2, -0.15) is 0 Å². The van der Waals surface area contributed by atoms with Crippen LogP contribution in [-0.4, -0.2) is 42.8 Å². The van der Waals surface area contributed by atoms with Crippen LogP contribution in [0.15, 0.2) is 0 Å². The fourth-order valence-electron chi connectivity index (χ4n) is 3.37. The minimum Gasteiger partial charge on any atom is -0.308 e. The molecule has 1 unspecified atom stereocenters. The third kappa shape index (κ3) is 2.57. The van der Waals surface area contributed by atoms with Gasteiger partial charge in [-0.1, -0.05) is 26.2 Å². The second kappa shape index (κ2) is 5.46. The van der Waals surface area contributed by atoms with Gasteiger partial charge in [0.2, 0.25) is 0 Å². The van der Waals surface area contributed by atoms with Crippen molar-refractivity contribution >= 4 is 0 Å². The Balaban J connectivity index is 1.98. The van der Waals surface area contributed by atoms with Gasteiger partial charge in [-0.15, -0.1) is 0 Å². The fourth-order valence-corrected chi connectivity index (χ4v) is 3.37. The van der Waals surface area contributed by atoms with Crippen molar-refractivity contribution in [2.24, 2.45) is 0 Å². The second-order valence-electron chi connectivity index (χ2n) is 5.44. The first-order valence-electron chi connectivity index (χ1n) is 6.85. The summed E-state index contributed by atoms with van der Waals surface area (Å²) in [6.07, 6.45) is 7.76. The predicted molar refractivity (Wildman–Crippen MR) is 65.4 cm³/mol. The molecule has 1 saturated heterocycles. The molecule has 3 heteroatoms. The lowest BCUT2D eigenvalue weighted by Gasteiger charge is -2.49. The predicted octanol–water partition coefficient (Wildman–Crippen LogP) is 2.34. The van der Waals surface area contributed by atoms with Gasteiger partial charge in [-0.25, -0.2) is 4.39 Å². The Kier molecular flexibility index (Phi) is 4.20. The van der Waals surface area contributed by atoms with Crippen LogP contribution in [-0.2, 0) is 0 Å². The van der Waals surface area contributed by atoms with Gasteiger partial charge < -0.3 is 5.32 Å². The van der Waals surface area contributed by atoms with E-state index in [0.717, 1.165) is 19.5 Å². The van der Waals surface area contributed by atoms with Crippen LogP contribution in [0, 0.1) is 0 Å². The average Bonchev–Trinajstić information content (AvgIpc) is 2.31. The van der Waals surface area contributed by atoms with Crippen molar-refractivity contribution in [2.75, 3.05) is 26.3 Å². The zero-order chi connectivity index (χ0) is 11.4. The largest absolute Gasteiger partial charge is 0.308 e. The van der Waals surface area contributed by atoms with Gasteiger partial charge in [0.1, 0.15) is 6.67 Å². The van der Waals surface area contributed by atoms with Crippen molar-refractivity contribution in [1.29, 1.82) is 0 Å². The summed E-state index contributed by atoms with van der Waals surface area (Å²) in [4.78, 5) is 2.38. The van der Waals surface area contributed by atoms with Crippen LogP contribution >= 0.6 is 0 Å². The minimum atomic E-state index is -0.202. The molecule has 16 heavy (non-hydrogen) atoms. The summed E-state index contributed by atoms with van der Waals surface area (Å²) >= 11 is 0. The van der Waals surface area contributed by atoms with E-state index in [4.69, 9.17) is 0 Å². The van der Waals surface area contributed by atoms with E-state index in [-0.39, 0.29) is 6.67 Å². The number of nitrogens with one attached hydrogen (secondary N) is 1. The van der Waals surface area contributed by atoms with Gasteiger partial charge in [0.05, 0.1) is 0 Å². The first-order valence-corrected chi connectivity index (χ1v) is 6.85. The van der Waals surface area contributed by atoms with Crippen molar-refractivity contribution in [3.05, 3.63) is 0 Å². The van der Waals surface area contributed by atoms with Crippen LogP contribution in [0.2, 0.25) is 0 Å². The molecule has 1 saturated carbocycles. The van der Waals surface area contributed by atoms with Crippen molar-refractivity contribution < 1.29 is 4.39 Å². The number of hydrogen-bond acceptors (Lipinski definition) is 2. The molecule has 2 aliphatic rings. The highest BCUT2D eigenvalue weighted by atomic mass is 19.1. The lowest BCUT2D eigenvalue weighted by Crippen LogP contribution is -2.64. The van der Waals surface area contributed by atoms with E-state index in [9.17, 15) is 4.39 Å². The molecule has 1 spiro atoms. The quantitative estimate of drug-likeness (QED) is 0.797. The average molecular weight is 228 g/mol.